The molecule has 110 valence electrons. The summed E-state index contributed by atoms with van der Waals surface area (Å²) in [5.74, 6) is -13.1. The van der Waals surface area contributed by atoms with Crippen molar-refractivity contribution >= 4 is 35.8 Å². The van der Waals surface area contributed by atoms with E-state index < -0.39 is 35.8 Å². The first-order valence-corrected chi connectivity index (χ1v) is 3.20. The summed E-state index contributed by atoms with van der Waals surface area (Å²) in [6.07, 6.45) is 0. The van der Waals surface area contributed by atoms with Crippen LogP contribution in [0, 0.1) is 71.2 Å². The van der Waals surface area contributed by atoms with Crippen molar-refractivity contribution in [1.29, 1.82) is 0 Å². The quantitative estimate of drug-likeness (QED) is 0.250. The second-order valence-corrected chi connectivity index (χ2v) is 1.72. The number of carbonyl (C=O) groups excluding carboxylic acids is 6. The van der Waals surface area contributed by atoms with Crippen LogP contribution in [0.25, 0.3) is 0 Å². The molecule has 0 saturated heterocycles. The molecule has 0 spiro atoms. The zero-order chi connectivity index (χ0) is 15.5. The predicted molar refractivity (Wildman–Crippen MR) is 33.7 cm³/mol. The third kappa shape index (κ3) is 45.3. The van der Waals surface area contributed by atoms with E-state index >= 15 is 0 Å². The SMILES string of the molecule is O.O=C([O-])C(=O)[O-].O=C([O-])C(=O)[O-].O=C([O-])C(=O)[O-].[La+3].[La+3]. The van der Waals surface area contributed by atoms with Crippen molar-refractivity contribution < 1.29 is 136 Å². The van der Waals surface area contributed by atoms with Crippen LogP contribution >= 0.6 is 0 Å². The topological polar surface area (TPSA) is 272 Å². The van der Waals surface area contributed by atoms with Gasteiger partial charge in [0.05, 0.1) is 35.8 Å². The average molecular weight is 560 g/mol. The molecule has 0 radical (unpaired) electrons. The first-order valence-electron chi connectivity index (χ1n) is 3.20. The van der Waals surface area contributed by atoms with Gasteiger partial charge in [-0.2, -0.15) is 0 Å². The minimum absolute atomic E-state index is 0. The van der Waals surface area contributed by atoms with Gasteiger partial charge in [0, 0.05) is 0 Å². The molecule has 15 heteroatoms. The smallest absolute Gasteiger partial charge is 0.543 e. The van der Waals surface area contributed by atoms with Crippen molar-refractivity contribution in [3.05, 3.63) is 0 Å². The van der Waals surface area contributed by atoms with Gasteiger partial charge in [0.2, 0.25) is 0 Å². The second-order valence-electron chi connectivity index (χ2n) is 1.72. The molecule has 0 atom stereocenters. The van der Waals surface area contributed by atoms with Crippen molar-refractivity contribution in [3.8, 4) is 0 Å². The molecule has 0 fully saturated rings. The predicted octanol–water partition coefficient (Wildman–Crippen LogP) is -11.4. The second kappa shape index (κ2) is 21.5. The number of hydrogen-bond acceptors (Lipinski definition) is 12. The summed E-state index contributed by atoms with van der Waals surface area (Å²) in [5, 5.41) is 53.6. The zero-order valence-electron chi connectivity index (χ0n) is 9.55. The number of carboxylic acid groups (broad SMARTS) is 6. The Morgan fingerprint density at radius 1 is 0.381 bits per heavy atom. The summed E-state index contributed by atoms with van der Waals surface area (Å²) >= 11 is 0. The van der Waals surface area contributed by atoms with Crippen molar-refractivity contribution in [2.24, 2.45) is 0 Å². The van der Waals surface area contributed by atoms with Crippen LogP contribution in [0.3, 0.4) is 0 Å². The summed E-state index contributed by atoms with van der Waals surface area (Å²) < 4.78 is 0. The number of carboxylic acids is 6. The average Bonchev–Trinajstić information content (AvgIpc) is 2.18. The molecule has 0 unspecified atom stereocenters. The maximum absolute atomic E-state index is 8.93. The zero-order valence-corrected chi connectivity index (χ0v) is 16.8. The molecule has 2 N–H and O–H groups in total. The van der Waals surface area contributed by atoms with Crippen molar-refractivity contribution in [1.82, 2.24) is 0 Å². The van der Waals surface area contributed by atoms with Crippen LogP contribution in [-0.2, 0) is 28.8 Å². The number of carbonyl (C=O) groups is 6. The molecule has 0 amide bonds. The van der Waals surface area contributed by atoms with E-state index in [0.29, 0.717) is 0 Å². The van der Waals surface area contributed by atoms with Crippen LogP contribution in [0.2, 0.25) is 0 Å². The summed E-state index contributed by atoms with van der Waals surface area (Å²) in [5.41, 5.74) is 0. The van der Waals surface area contributed by atoms with Crippen LogP contribution in [0.5, 0.6) is 0 Å². The Kier molecular flexibility index (Phi) is 37.7. The number of aliphatic carboxylic acids is 6. The number of rotatable bonds is 0. The maximum atomic E-state index is 8.93. The van der Waals surface area contributed by atoms with Crippen molar-refractivity contribution in [2.45, 2.75) is 0 Å². The third-order valence-corrected chi connectivity index (χ3v) is 0.500. The van der Waals surface area contributed by atoms with Crippen LogP contribution in [0.1, 0.15) is 0 Å². The van der Waals surface area contributed by atoms with E-state index in [1.165, 1.54) is 0 Å². The largest absolute Gasteiger partial charge is 3.00 e. The van der Waals surface area contributed by atoms with Crippen molar-refractivity contribution in [3.63, 3.8) is 0 Å². The Morgan fingerprint density at radius 3 is 0.429 bits per heavy atom. The fraction of sp³-hybridized carbons (Fsp3) is 0. The molecule has 0 heterocycles. The van der Waals surface area contributed by atoms with Gasteiger partial charge in [-0.1, -0.05) is 0 Å². The van der Waals surface area contributed by atoms with E-state index in [-0.39, 0.29) is 76.7 Å². The van der Waals surface area contributed by atoms with Gasteiger partial charge in [0.25, 0.3) is 0 Å². The summed E-state index contributed by atoms with van der Waals surface area (Å²) in [6, 6.07) is 0. The van der Waals surface area contributed by atoms with E-state index in [2.05, 4.69) is 0 Å². The van der Waals surface area contributed by atoms with E-state index in [1.807, 2.05) is 0 Å². The molecule has 0 aromatic heterocycles. The molecule has 21 heavy (non-hydrogen) atoms. The molecule has 0 rings (SSSR count). The Morgan fingerprint density at radius 2 is 0.429 bits per heavy atom. The van der Waals surface area contributed by atoms with Gasteiger partial charge in [-0.25, -0.2) is 0 Å². The molecule has 0 aliphatic carbocycles. The normalized spacial score (nSPS) is 6.29. The molecule has 0 aromatic rings. The van der Waals surface area contributed by atoms with Gasteiger partial charge in [-0.3, -0.25) is 0 Å². The minimum atomic E-state index is -2.19. The van der Waals surface area contributed by atoms with E-state index in [4.69, 9.17) is 59.4 Å². The van der Waals surface area contributed by atoms with E-state index in [0.717, 1.165) is 0 Å². The first kappa shape index (κ1) is 36.9. The van der Waals surface area contributed by atoms with Gasteiger partial charge in [0.1, 0.15) is 0 Å². The van der Waals surface area contributed by atoms with Gasteiger partial charge in [0.15, 0.2) is 0 Å². The van der Waals surface area contributed by atoms with Gasteiger partial charge in [-0.15, -0.1) is 0 Å². The minimum Gasteiger partial charge on any atom is -0.543 e. The molecule has 0 aliphatic heterocycles. The van der Waals surface area contributed by atoms with Crippen molar-refractivity contribution in [2.75, 3.05) is 0 Å². The Bertz CT molecular complexity index is 282. The van der Waals surface area contributed by atoms with E-state index in [9.17, 15) is 0 Å². The van der Waals surface area contributed by atoms with Gasteiger partial charge < -0.3 is 64.9 Å². The molecular weight excluding hydrogens is 558 g/mol. The fourth-order valence-corrected chi connectivity index (χ4v) is 0. The molecule has 0 saturated carbocycles. The summed E-state index contributed by atoms with van der Waals surface area (Å²) in [7, 11) is 0. The Hall–Kier alpha value is -0.830. The molecule has 13 nitrogen and oxygen atoms in total. The Balaban J connectivity index is -0.0000000375. The van der Waals surface area contributed by atoms with Gasteiger partial charge >= 0.3 is 71.2 Å². The maximum Gasteiger partial charge on any atom is 3.00 e. The number of hydrogen-bond donors (Lipinski definition) is 0. The van der Waals surface area contributed by atoms with Gasteiger partial charge in [-0.05, 0) is 0 Å². The fourth-order valence-electron chi connectivity index (χ4n) is 0. The van der Waals surface area contributed by atoms with E-state index in [1.54, 1.807) is 0 Å². The van der Waals surface area contributed by atoms with Crippen LogP contribution in [0.4, 0.5) is 0 Å². The summed E-state index contributed by atoms with van der Waals surface area (Å²) in [4.78, 5) is 53.6. The first-order chi connectivity index (χ1) is 7.93. The molecular formula is C6H2La2O13. The Labute approximate surface area is 170 Å². The standard InChI is InChI=1S/3C2H2O4.2La.H2O/c3*3-1(4)2(5)6;;;/h3*(H,3,4)(H,5,6);;;1H2/q;;;2*+3;/p-6. The van der Waals surface area contributed by atoms with Crippen LogP contribution in [0.15, 0.2) is 0 Å². The monoisotopic (exact) mass is 560 g/mol. The third-order valence-electron chi connectivity index (χ3n) is 0.500. The molecule has 0 aliphatic rings. The van der Waals surface area contributed by atoms with Crippen LogP contribution < -0.4 is 30.6 Å². The molecule has 0 aromatic carbocycles. The summed E-state index contributed by atoms with van der Waals surface area (Å²) in [6.45, 7) is 0. The molecule has 0 bridgehead atoms. The van der Waals surface area contributed by atoms with Crippen LogP contribution in [-0.4, -0.2) is 41.3 Å².